The molecule has 1 saturated carbocycles. The van der Waals surface area contributed by atoms with Crippen LogP contribution in [-0.2, 0) is 11.2 Å². The number of aromatic nitrogens is 2. The molecule has 1 unspecified atom stereocenters. The SMILES string of the molecule is Cc1n[nH]c(C)c1CCCNC(=O)C1(C)CC12CCNCC2. The Bertz CT molecular complexity index is 540. The van der Waals surface area contributed by atoms with Gasteiger partial charge >= 0.3 is 0 Å². The monoisotopic (exact) mass is 304 g/mol. The lowest BCUT2D eigenvalue weighted by atomic mass is 9.85. The Labute approximate surface area is 132 Å². The van der Waals surface area contributed by atoms with Crippen molar-refractivity contribution in [2.75, 3.05) is 19.6 Å². The lowest BCUT2D eigenvalue weighted by Crippen LogP contribution is -2.38. The van der Waals surface area contributed by atoms with Gasteiger partial charge in [-0.1, -0.05) is 6.92 Å². The highest BCUT2D eigenvalue weighted by Gasteiger charge is 2.67. The summed E-state index contributed by atoms with van der Waals surface area (Å²) >= 11 is 0. The zero-order valence-corrected chi connectivity index (χ0v) is 14.0. The zero-order valence-electron chi connectivity index (χ0n) is 14.0. The summed E-state index contributed by atoms with van der Waals surface area (Å²) in [6.07, 6.45) is 5.29. The van der Waals surface area contributed by atoms with Crippen molar-refractivity contribution in [3.05, 3.63) is 17.0 Å². The van der Waals surface area contributed by atoms with Gasteiger partial charge in [-0.25, -0.2) is 0 Å². The molecule has 1 aliphatic carbocycles. The van der Waals surface area contributed by atoms with Crippen LogP contribution < -0.4 is 10.6 Å². The van der Waals surface area contributed by atoms with Crippen LogP contribution in [-0.4, -0.2) is 35.7 Å². The third-order valence-electron chi connectivity index (χ3n) is 5.97. The van der Waals surface area contributed by atoms with Crippen molar-refractivity contribution in [2.24, 2.45) is 10.8 Å². The number of H-pyrrole nitrogens is 1. The maximum atomic E-state index is 12.5. The third kappa shape index (κ3) is 2.56. The average Bonchev–Trinajstić information content (AvgIpc) is 2.94. The predicted molar refractivity (Wildman–Crippen MR) is 86.7 cm³/mol. The predicted octanol–water partition coefficient (Wildman–Crippen LogP) is 1.86. The summed E-state index contributed by atoms with van der Waals surface area (Å²) in [5, 5.41) is 13.8. The molecule has 1 aliphatic heterocycles. The van der Waals surface area contributed by atoms with Gasteiger partial charge in [-0.05, 0) is 70.0 Å². The van der Waals surface area contributed by atoms with E-state index < -0.39 is 0 Å². The first-order valence-electron chi connectivity index (χ1n) is 8.48. The molecule has 2 aliphatic rings. The number of rotatable bonds is 5. The highest BCUT2D eigenvalue weighted by atomic mass is 16.2. The first-order valence-corrected chi connectivity index (χ1v) is 8.48. The van der Waals surface area contributed by atoms with Crippen LogP contribution in [0.1, 0.15) is 49.6 Å². The van der Waals surface area contributed by atoms with E-state index in [1.807, 2.05) is 6.92 Å². The minimum Gasteiger partial charge on any atom is -0.356 e. The number of carbonyl (C=O) groups is 1. The van der Waals surface area contributed by atoms with Crippen molar-refractivity contribution in [1.82, 2.24) is 20.8 Å². The van der Waals surface area contributed by atoms with Crippen molar-refractivity contribution in [2.45, 2.75) is 52.9 Å². The summed E-state index contributed by atoms with van der Waals surface area (Å²) in [6, 6.07) is 0. The highest BCUT2D eigenvalue weighted by Crippen LogP contribution is 2.68. The molecule has 1 saturated heterocycles. The number of amides is 1. The number of nitrogens with zero attached hydrogens (tertiary/aromatic N) is 1. The molecule has 1 aromatic rings. The highest BCUT2D eigenvalue weighted by molar-refractivity contribution is 5.86. The van der Waals surface area contributed by atoms with E-state index in [-0.39, 0.29) is 16.7 Å². The standard InChI is InChI=1S/C17H28N4O/c1-12-14(13(2)21-20-12)5-4-8-19-15(22)16(3)11-17(16)6-9-18-10-7-17/h18H,4-11H2,1-3H3,(H,19,22)(H,20,21). The second-order valence-electron chi connectivity index (χ2n) is 7.31. The summed E-state index contributed by atoms with van der Waals surface area (Å²) in [6.45, 7) is 9.11. The summed E-state index contributed by atoms with van der Waals surface area (Å²) < 4.78 is 0. The molecule has 3 N–H and O–H groups in total. The van der Waals surface area contributed by atoms with Crippen LogP contribution in [0.5, 0.6) is 0 Å². The first-order chi connectivity index (χ1) is 10.5. The van der Waals surface area contributed by atoms with Crippen molar-refractivity contribution in [3.63, 3.8) is 0 Å². The Kier molecular flexibility index (Phi) is 4.02. The van der Waals surface area contributed by atoms with Crippen molar-refractivity contribution >= 4 is 5.91 Å². The number of nitrogens with one attached hydrogen (secondary N) is 3. The van der Waals surface area contributed by atoms with Gasteiger partial charge in [0.1, 0.15) is 0 Å². The first kappa shape index (κ1) is 15.5. The molecular formula is C17H28N4O. The molecular weight excluding hydrogens is 276 g/mol. The molecule has 2 fully saturated rings. The van der Waals surface area contributed by atoms with Gasteiger partial charge in [0, 0.05) is 12.2 Å². The molecule has 1 aromatic heterocycles. The van der Waals surface area contributed by atoms with E-state index in [9.17, 15) is 4.79 Å². The minimum absolute atomic E-state index is 0.128. The van der Waals surface area contributed by atoms with Gasteiger partial charge in [-0.15, -0.1) is 0 Å². The fourth-order valence-corrected chi connectivity index (χ4v) is 4.19. The Morgan fingerprint density at radius 2 is 2.05 bits per heavy atom. The number of hydrogen-bond donors (Lipinski definition) is 3. The Balaban J connectivity index is 1.45. The van der Waals surface area contributed by atoms with Gasteiger partial charge < -0.3 is 10.6 Å². The fourth-order valence-electron chi connectivity index (χ4n) is 4.19. The molecule has 0 radical (unpaired) electrons. The molecule has 2 heterocycles. The number of aromatic amines is 1. The molecule has 0 bridgehead atoms. The van der Waals surface area contributed by atoms with Gasteiger partial charge in [-0.2, -0.15) is 5.10 Å². The number of carbonyl (C=O) groups excluding carboxylic acids is 1. The maximum absolute atomic E-state index is 12.5. The van der Waals surface area contributed by atoms with Crippen LogP contribution in [0.2, 0.25) is 0 Å². The maximum Gasteiger partial charge on any atom is 0.226 e. The molecule has 122 valence electrons. The Morgan fingerprint density at radius 3 is 2.68 bits per heavy atom. The van der Waals surface area contributed by atoms with Gasteiger partial charge in [0.2, 0.25) is 5.91 Å². The van der Waals surface area contributed by atoms with Crippen LogP contribution in [0.15, 0.2) is 0 Å². The molecule has 5 nitrogen and oxygen atoms in total. The quantitative estimate of drug-likeness (QED) is 0.727. The Morgan fingerprint density at radius 1 is 1.32 bits per heavy atom. The topological polar surface area (TPSA) is 69.8 Å². The van der Waals surface area contributed by atoms with E-state index in [1.165, 1.54) is 5.56 Å². The van der Waals surface area contributed by atoms with E-state index in [2.05, 4.69) is 34.7 Å². The summed E-state index contributed by atoms with van der Waals surface area (Å²) in [5.41, 5.74) is 3.66. The van der Waals surface area contributed by atoms with E-state index in [4.69, 9.17) is 0 Å². The fraction of sp³-hybridized carbons (Fsp3) is 0.765. The minimum atomic E-state index is -0.128. The summed E-state index contributed by atoms with van der Waals surface area (Å²) in [7, 11) is 0. The van der Waals surface area contributed by atoms with Gasteiger partial charge in [-0.3, -0.25) is 9.89 Å². The number of aryl methyl sites for hydroxylation is 2. The van der Waals surface area contributed by atoms with Gasteiger partial charge in [0.05, 0.1) is 11.1 Å². The van der Waals surface area contributed by atoms with E-state index >= 15 is 0 Å². The summed E-state index contributed by atoms with van der Waals surface area (Å²) in [5.74, 6) is 0.259. The summed E-state index contributed by atoms with van der Waals surface area (Å²) in [4.78, 5) is 12.5. The van der Waals surface area contributed by atoms with Crippen molar-refractivity contribution < 1.29 is 4.79 Å². The van der Waals surface area contributed by atoms with Crippen molar-refractivity contribution in [3.8, 4) is 0 Å². The number of hydrogen-bond acceptors (Lipinski definition) is 3. The van der Waals surface area contributed by atoms with Crippen LogP contribution >= 0.6 is 0 Å². The van der Waals surface area contributed by atoms with Crippen LogP contribution in [0, 0.1) is 24.7 Å². The van der Waals surface area contributed by atoms with Crippen molar-refractivity contribution in [1.29, 1.82) is 0 Å². The van der Waals surface area contributed by atoms with Crippen LogP contribution in [0.4, 0.5) is 0 Å². The molecule has 5 heteroatoms. The molecule has 1 atom stereocenters. The second kappa shape index (κ2) is 5.69. The lowest BCUT2D eigenvalue weighted by Gasteiger charge is -2.27. The molecule has 1 amide bonds. The van der Waals surface area contributed by atoms with E-state index in [0.717, 1.165) is 63.1 Å². The lowest BCUT2D eigenvalue weighted by molar-refractivity contribution is -0.127. The van der Waals surface area contributed by atoms with Crippen LogP contribution in [0.3, 0.4) is 0 Å². The Hall–Kier alpha value is -1.36. The largest absolute Gasteiger partial charge is 0.356 e. The molecule has 0 aromatic carbocycles. The van der Waals surface area contributed by atoms with Gasteiger partial charge in [0.15, 0.2) is 0 Å². The van der Waals surface area contributed by atoms with E-state index in [1.54, 1.807) is 0 Å². The molecule has 3 rings (SSSR count). The molecule has 22 heavy (non-hydrogen) atoms. The van der Waals surface area contributed by atoms with Crippen LogP contribution in [0.25, 0.3) is 0 Å². The van der Waals surface area contributed by atoms with E-state index in [0.29, 0.717) is 0 Å². The number of piperidine rings is 1. The van der Waals surface area contributed by atoms with Gasteiger partial charge in [0.25, 0.3) is 0 Å². The normalized spacial score (nSPS) is 26.1. The average molecular weight is 304 g/mol. The smallest absolute Gasteiger partial charge is 0.226 e. The zero-order chi connectivity index (χ0) is 15.8. The second-order valence-corrected chi connectivity index (χ2v) is 7.31. The third-order valence-corrected chi connectivity index (χ3v) is 5.97. The molecule has 1 spiro atoms.